The molecule has 1 amide bonds. The molecule has 0 saturated carbocycles. The highest BCUT2D eigenvalue weighted by atomic mass is 35.5. The van der Waals surface area contributed by atoms with Crippen molar-refractivity contribution in [3.63, 3.8) is 0 Å². The Morgan fingerprint density at radius 3 is 2.64 bits per heavy atom. The van der Waals surface area contributed by atoms with E-state index < -0.39 is 0 Å². The van der Waals surface area contributed by atoms with Crippen molar-refractivity contribution in [2.45, 2.75) is 13.3 Å². The van der Waals surface area contributed by atoms with E-state index in [9.17, 15) is 9.59 Å². The van der Waals surface area contributed by atoms with Crippen LogP contribution in [0.3, 0.4) is 0 Å². The molecule has 0 aliphatic rings. The van der Waals surface area contributed by atoms with Crippen molar-refractivity contribution in [1.29, 1.82) is 0 Å². The third-order valence-electron chi connectivity index (χ3n) is 3.07. The number of nitrogens with one attached hydrogen (secondary N) is 1. The summed E-state index contributed by atoms with van der Waals surface area (Å²) in [4.78, 5) is 23.2. The molecule has 2 aromatic rings. The molecule has 0 unspecified atom stereocenters. The Bertz CT molecular complexity index is 683. The number of hydrogen-bond donors (Lipinski definition) is 1. The number of methoxy groups -OCH3 is 1. The SMILES string of the molecule is COC(=O)CCNC(=O)c1c(C)nn(-c2ccccc2)c1Cl. The Labute approximate surface area is 133 Å². The van der Waals surface area contributed by atoms with E-state index in [0.717, 1.165) is 5.69 Å². The molecule has 0 radical (unpaired) electrons. The predicted molar refractivity (Wildman–Crippen MR) is 82.3 cm³/mol. The van der Waals surface area contributed by atoms with Gasteiger partial charge in [0.2, 0.25) is 0 Å². The monoisotopic (exact) mass is 321 g/mol. The number of amides is 1. The number of ether oxygens (including phenoxy) is 1. The zero-order valence-electron chi connectivity index (χ0n) is 12.3. The minimum Gasteiger partial charge on any atom is -0.469 e. The molecule has 1 N–H and O–H groups in total. The number of hydrogen-bond acceptors (Lipinski definition) is 4. The van der Waals surface area contributed by atoms with Gasteiger partial charge in [-0.2, -0.15) is 5.10 Å². The summed E-state index contributed by atoms with van der Waals surface area (Å²) in [5.74, 6) is -0.753. The molecule has 0 saturated heterocycles. The molecule has 6 nitrogen and oxygen atoms in total. The van der Waals surface area contributed by atoms with Crippen molar-refractivity contribution in [3.8, 4) is 5.69 Å². The molecule has 0 aliphatic carbocycles. The summed E-state index contributed by atoms with van der Waals surface area (Å²) in [6.07, 6.45) is 0.103. The van der Waals surface area contributed by atoms with Gasteiger partial charge in [0.25, 0.3) is 5.91 Å². The van der Waals surface area contributed by atoms with Gasteiger partial charge in [-0.3, -0.25) is 9.59 Å². The second-order valence-electron chi connectivity index (χ2n) is 4.58. The summed E-state index contributed by atoms with van der Waals surface area (Å²) < 4.78 is 6.02. The standard InChI is InChI=1S/C15H16ClN3O3/c1-10-13(15(21)17-9-8-12(20)22-2)14(16)19(18-10)11-6-4-3-5-7-11/h3-7H,8-9H2,1-2H3,(H,17,21). The fraction of sp³-hybridized carbons (Fsp3) is 0.267. The van der Waals surface area contributed by atoms with Gasteiger partial charge in [-0.1, -0.05) is 29.8 Å². The first kappa shape index (κ1) is 16.0. The van der Waals surface area contributed by atoms with Gasteiger partial charge in [0.15, 0.2) is 0 Å². The molecule has 0 aliphatic heterocycles. The molecule has 1 heterocycles. The van der Waals surface area contributed by atoms with Crippen LogP contribution in [-0.2, 0) is 9.53 Å². The van der Waals surface area contributed by atoms with E-state index in [0.29, 0.717) is 11.3 Å². The first-order valence-electron chi connectivity index (χ1n) is 6.70. The molecule has 0 spiro atoms. The van der Waals surface area contributed by atoms with E-state index in [2.05, 4.69) is 15.2 Å². The van der Waals surface area contributed by atoms with Crippen molar-refractivity contribution in [2.75, 3.05) is 13.7 Å². The number of rotatable bonds is 5. The summed E-state index contributed by atoms with van der Waals surface area (Å²) in [6.45, 7) is 1.89. The molecular weight excluding hydrogens is 306 g/mol. The highest BCUT2D eigenvalue weighted by Gasteiger charge is 2.20. The Morgan fingerprint density at radius 2 is 2.00 bits per heavy atom. The van der Waals surface area contributed by atoms with Gasteiger partial charge in [0, 0.05) is 6.54 Å². The van der Waals surface area contributed by atoms with Crippen molar-refractivity contribution in [1.82, 2.24) is 15.1 Å². The van der Waals surface area contributed by atoms with Crippen LogP contribution in [-0.4, -0.2) is 35.3 Å². The molecule has 1 aromatic carbocycles. The Hall–Kier alpha value is -2.34. The second kappa shape index (κ2) is 7.09. The van der Waals surface area contributed by atoms with Crippen molar-refractivity contribution >= 4 is 23.5 Å². The number of carbonyl (C=O) groups is 2. The summed E-state index contributed by atoms with van der Waals surface area (Å²) in [5, 5.41) is 7.16. The van der Waals surface area contributed by atoms with Crippen LogP contribution in [0.5, 0.6) is 0 Å². The Morgan fingerprint density at radius 1 is 1.32 bits per heavy atom. The van der Waals surface area contributed by atoms with E-state index in [4.69, 9.17) is 11.6 Å². The molecule has 7 heteroatoms. The number of benzene rings is 1. The molecule has 2 rings (SSSR count). The molecule has 0 bridgehead atoms. The van der Waals surface area contributed by atoms with Crippen LogP contribution in [0.15, 0.2) is 30.3 Å². The fourth-order valence-electron chi connectivity index (χ4n) is 1.97. The number of nitrogens with zero attached hydrogens (tertiary/aromatic N) is 2. The lowest BCUT2D eigenvalue weighted by atomic mass is 10.2. The fourth-order valence-corrected chi connectivity index (χ4v) is 2.32. The quantitative estimate of drug-likeness (QED) is 0.856. The maximum atomic E-state index is 12.2. The molecule has 22 heavy (non-hydrogen) atoms. The first-order chi connectivity index (χ1) is 10.5. The number of esters is 1. The average Bonchev–Trinajstić information content (AvgIpc) is 2.82. The predicted octanol–water partition coefficient (Wildman–Crippen LogP) is 2.13. The van der Waals surface area contributed by atoms with Crippen LogP contribution >= 0.6 is 11.6 Å². The van der Waals surface area contributed by atoms with Crippen LogP contribution in [0.25, 0.3) is 5.69 Å². The second-order valence-corrected chi connectivity index (χ2v) is 4.94. The third kappa shape index (κ3) is 3.46. The van der Waals surface area contributed by atoms with Crippen LogP contribution in [0, 0.1) is 6.92 Å². The number of para-hydroxylation sites is 1. The van der Waals surface area contributed by atoms with E-state index in [1.807, 2.05) is 30.3 Å². The summed E-state index contributed by atoms with van der Waals surface area (Å²) in [6, 6.07) is 9.29. The van der Waals surface area contributed by atoms with Crippen molar-refractivity contribution < 1.29 is 14.3 Å². The third-order valence-corrected chi connectivity index (χ3v) is 3.42. The zero-order valence-corrected chi connectivity index (χ0v) is 13.1. The van der Waals surface area contributed by atoms with Gasteiger partial charge in [-0.25, -0.2) is 4.68 Å². The van der Waals surface area contributed by atoms with Crippen LogP contribution in [0.4, 0.5) is 0 Å². The van der Waals surface area contributed by atoms with E-state index in [1.165, 1.54) is 11.8 Å². The first-order valence-corrected chi connectivity index (χ1v) is 7.08. The van der Waals surface area contributed by atoms with Crippen molar-refractivity contribution in [2.24, 2.45) is 0 Å². The lowest BCUT2D eigenvalue weighted by Crippen LogP contribution is -2.26. The highest BCUT2D eigenvalue weighted by molar-refractivity contribution is 6.33. The van der Waals surface area contributed by atoms with Crippen LogP contribution < -0.4 is 5.32 Å². The highest BCUT2D eigenvalue weighted by Crippen LogP contribution is 2.23. The largest absolute Gasteiger partial charge is 0.469 e. The number of aromatic nitrogens is 2. The normalized spacial score (nSPS) is 10.3. The van der Waals surface area contributed by atoms with Gasteiger partial charge >= 0.3 is 5.97 Å². The Balaban J connectivity index is 2.16. The number of carbonyl (C=O) groups excluding carboxylic acids is 2. The average molecular weight is 322 g/mol. The minimum absolute atomic E-state index is 0.103. The Kier molecular flexibility index (Phi) is 5.16. The van der Waals surface area contributed by atoms with Crippen molar-refractivity contribution in [3.05, 3.63) is 46.7 Å². The summed E-state index contributed by atoms with van der Waals surface area (Å²) in [5.41, 5.74) is 1.59. The van der Waals surface area contributed by atoms with Crippen LogP contribution in [0.1, 0.15) is 22.5 Å². The van der Waals surface area contributed by atoms with Gasteiger partial charge in [0.05, 0.1) is 30.5 Å². The van der Waals surface area contributed by atoms with E-state index >= 15 is 0 Å². The summed E-state index contributed by atoms with van der Waals surface area (Å²) in [7, 11) is 1.30. The molecule has 0 fully saturated rings. The minimum atomic E-state index is -0.386. The maximum absolute atomic E-state index is 12.2. The lowest BCUT2D eigenvalue weighted by Gasteiger charge is -2.05. The van der Waals surface area contributed by atoms with E-state index in [1.54, 1.807) is 6.92 Å². The number of aryl methyl sites for hydroxylation is 1. The smallest absolute Gasteiger partial charge is 0.307 e. The lowest BCUT2D eigenvalue weighted by molar-refractivity contribution is -0.140. The topological polar surface area (TPSA) is 73.2 Å². The molecular formula is C15H16ClN3O3. The molecule has 0 atom stereocenters. The van der Waals surface area contributed by atoms with Crippen LogP contribution in [0.2, 0.25) is 5.15 Å². The maximum Gasteiger partial charge on any atom is 0.307 e. The zero-order chi connectivity index (χ0) is 16.1. The van der Waals surface area contributed by atoms with Gasteiger partial charge in [-0.15, -0.1) is 0 Å². The van der Waals surface area contributed by atoms with Gasteiger partial charge in [-0.05, 0) is 19.1 Å². The number of halogens is 1. The summed E-state index contributed by atoms with van der Waals surface area (Å²) >= 11 is 6.28. The van der Waals surface area contributed by atoms with Gasteiger partial charge in [0.1, 0.15) is 5.15 Å². The van der Waals surface area contributed by atoms with E-state index in [-0.39, 0.29) is 30.0 Å². The van der Waals surface area contributed by atoms with Gasteiger partial charge < -0.3 is 10.1 Å². The molecule has 116 valence electrons. The molecule has 1 aromatic heterocycles.